The van der Waals surface area contributed by atoms with Gasteiger partial charge in [0.1, 0.15) is 0 Å². The zero-order valence-corrected chi connectivity index (χ0v) is 16.3. The molecule has 8 heteroatoms. The van der Waals surface area contributed by atoms with Crippen LogP contribution in [0.2, 0.25) is 0 Å². The second-order valence-electron chi connectivity index (χ2n) is 6.81. The van der Waals surface area contributed by atoms with Crippen molar-refractivity contribution in [3.05, 3.63) is 29.8 Å². The highest BCUT2D eigenvalue weighted by atomic mass is 32.2. The van der Waals surface area contributed by atoms with Gasteiger partial charge in [-0.2, -0.15) is 4.31 Å². The molecular weight excluding hydrogens is 368 g/mol. The Morgan fingerprint density at radius 3 is 2.41 bits per heavy atom. The number of hydrogen-bond acceptors (Lipinski definition) is 4. The third-order valence-electron chi connectivity index (χ3n) is 4.65. The first-order valence-electron chi connectivity index (χ1n) is 9.51. The molecular formula is C19H28N2O5S. The predicted octanol–water partition coefficient (Wildman–Crippen LogP) is 2.63. The van der Waals surface area contributed by atoms with Crippen molar-refractivity contribution in [2.75, 3.05) is 19.6 Å². The van der Waals surface area contributed by atoms with Gasteiger partial charge in [-0.15, -0.1) is 0 Å². The number of hydrogen-bond donors (Lipinski definition) is 2. The molecule has 1 saturated heterocycles. The highest BCUT2D eigenvalue weighted by Crippen LogP contribution is 2.21. The summed E-state index contributed by atoms with van der Waals surface area (Å²) >= 11 is 0. The van der Waals surface area contributed by atoms with Crippen molar-refractivity contribution in [1.82, 2.24) is 9.62 Å². The van der Waals surface area contributed by atoms with Crippen LogP contribution in [0.5, 0.6) is 0 Å². The standard InChI is InChI=1S/C19H28N2O5S/c22-18(23)11-4-3-5-12-20-19(24)16-9-8-10-17(15-16)27(25,26)21-13-6-1-2-7-14-21/h8-10,15H,1-7,11-14H2,(H,20,24)(H,22,23). The maximum Gasteiger partial charge on any atom is 0.303 e. The number of nitrogens with one attached hydrogen (secondary N) is 1. The summed E-state index contributed by atoms with van der Waals surface area (Å²) in [6.45, 7) is 1.48. The van der Waals surface area contributed by atoms with Gasteiger partial charge in [0.2, 0.25) is 10.0 Å². The Hall–Kier alpha value is -1.93. The molecule has 0 unspecified atom stereocenters. The molecule has 1 aromatic carbocycles. The van der Waals surface area contributed by atoms with E-state index in [9.17, 15) is 18.0 Å². The quantitative estimate of drug-likeness (QED) is 0.625. The molecule has 0 spiro atoms. The van der Waals surface area contributed by atoms with Crippen LogP contribution in [0.3, 0.4) is 0 Å². The first kappa shape index (κ1) is 21.4. The van der Waals surface area contributed by atoms with Crippen LogP contribution < -0.4 is 5.32 Å². The number of carboxylic acid groups (broad SMARTS) is 1. The Morgan fingerprint density at radius 1 is 1.04 bits per heavy atom. The lowest BCUT2D eigenvalue weighted by molar-refractivity contribution is -0.137. The Labute approximate surface area is 160 Å². The first-order valence-corrected chi connectivity index (χ1v) is 11.0. The Balaban J connectivity index is 1.93. The van der Waals surface area contributed by atoms with E-state index in [2.05, 4.69) is 5.32 Å². The number of rotatable bonds is 9. The Morgan fingerprint density at radius 2 is 1.74 bits per heavy atom. The minimum absolute atomic E-state index is 0.129. The lowest BCUT2D eigenvalue weighted by Gasteiger charge is -2.20. The summed E-state index contributed by atoms with van der Waals surface area (Å²) in [7, 11) is -3.58. The highest BCUT2D eigenvalue weighted by molar-refractivity contribution is 7.89. The SMILES string of the molecule is O=C(O)CCCCCNC(=O)c1cccc(S(=O)(=O)N2CCCCCC2)c1. The van der Waals surface area contributed by atoms with E-state index in [4.69, 9.17) is 5.11 Å². The van der Waals surface area contributed by atoms with E-state index in [1.165, 1.54) is 16.4 Å². The van der Waals surface area contributed by atoms with Crippen LogP contribution in [-0.2, 0) is 14.8 Å². The monoisotopic (exact) mass is 396 g/mol. The molecule has 1 amide bonds. The molecule has 0 aliphatic carbocycles. The van der Waals surface area contributed by atoms with Gasteiger partial charge in [-0.1, -0.05) is 25.3 Å². The van der Waals surface area contributed by atoms with E-state index in [-0.39, 0.29) is 17.2 Å². The fraction of sp³-hybridized carbons (Fsp3) is 0.579. The number of amides is 1. The average Bonchev–Trinajstić information content (AvgIpc) is 2.94. The van der Waals surface area contributed by atoms with Crippen LogP contribution in [0, 0.1) is 0 Å². The number of carbonyl (C=O) groups excluding carboxylic acids is 1. The summed E-state index contributed by atoms with van der Waals surface area (Å²) in [6.07, 6.45) is 5.92. The van der Waals surface area contributed by atoms with Gasteiger partial charge in [0.15, 0.2) is 0 Å². The molecule has 1 aromatic rings. The number of nitrogens with zero attached hydrogens (tertiary/aromatic N) is 1. The topological polar surface area (TPSA) is 104 Å². The fourth-order valence-corrected chi connectivity index (χ4v) is 4.67. The Kier molecular flexibility index (Phi) is 8.24. The molecule has 1 aliphatic heterocycles. The lowest BCUT2D eigenvalue weighted by atomic mass is 10.2. The highest BCUT2D eigenvalue weighted by Gasteiger charge is 2.25. The van der Waals surface area contributed by atoms with Gasteiger partial charge in [0.25, 0.3) is 5.91 Å². The normalized spacial score (nSPS) is 15.9. The second kappa shape index (κ2) is 10.4. The van der Waals surface area contributed by atoms with Gasteiger partial charge in [0, 0.05) is 31.6 Å². The first-order chi connectivity index (χ1) is 12.9. The summed E-state index contributed by atoms with van der Waals surface area (Å²) in [5, 5.41) is 11.3. The van der Waals surface area contributed by atoms with Crippen LogP contribution in [-0.4, -0.2) is 49.3 Å². The number of carboxylic acids is 1. The smallest absolute Gasteiger partial charge is 0.303 e. The van der Waals surface area contributed by atoms with Crippen LogP contribution >= 0.6 is 0 Å². The molecule has 2 rings (SSSR count). The third kappa shape index (κ3) is 6.62. The molecule has 0 radical (unpaired) electrons. The second-order valence-corrected chi connectivity index (χ2v) is 8.74. The maximum absolute atomic E-state index is 12.8. The third-order valence-corrected chi connectivity index (χ3v) is 6.55. The molecule has 1 fully saturated rings. The van der Waals surface area contributed by atoms with Gasteiger partial charge in [-0.3, -0.25) is 9.59 Å². The van der Waals surface area contributed by atoms with Crippen molar-refractivity contribution < 1.29 is 23.1 Å². The zero-order chi connectivity index (χ0) is 19.7. The summed E-state index contributed by atoms with van der Waals surface area (Å²) in [6, 6.07) is 6.15. The number of unbranched alkanes of at least 4 members (excludes halogenated alkanes) is 2. The van der Waals surface area contributed by atoms with E-state index >= 15 is 0 Å². The van der Waals surface area contributed by atoms with Crippen molar-refractivity contribution in [1.29, 1.82) is 0 Å². The molecule has 0 atom stereocenters. The number of carbonyl (C=O) groups is 2. The van der Waals surface area contributed by atoms with Gasteiger partial charge >= 0.3 is 5.97 Å². The van der Waals surface area contributed by atoms with Gasteiger partial charge in [0.05, 0.1) is 4.90 Å². The van der Waals surface area contributed by atoms with Crippen molar-refractivity contribution >= 4 is 21.9 Å². The summed E-state index contributed by atoms with van der Waals surface area (Å²) in [4.78, 5) is 22.9. The van der Waals surface area contributed by atoms with E-state index in [0.29, 0.717) is 38.0 Å². The van der Waals surface area contributed by atoms with Crippen LogP contribution in [0.4, 0.5) is 0 Å². The van der Waals surface area contributed by atoms with Crippen LogP contribution in [0.1, 0.15) is 61.7 Å². The number of sulfonamides is 1. The fourth-order valence-electron chi connectivity index (χ4n) is 3.11. The van der Waals surface area contributed by atoms with Gasteiger partial charge in [-0.05, 0) is 43.9 Å². The van der Waals surface area contributed by atoms with Gasteiger partial charge < -0.3 is 10.4 Å². The molecule has 1 heterocycles. The predicted molar refractivity (Wildman–Crippen MR) is 102 cm³/mol. The molecule has 0 bridgehead atoms. The largest absolute Gasteiger partial charge is 0.481 e. The Bertz CT molecular complexity index is 740. The lowest BCUT2D eigenvalue weighted by Crippen LogP contribution is -2.32. The minimum Gasteiger partial charge on any atom is -0.481 e. The van der Waals surface area contributed by atoms with Crippen molar-refractivity contribution in [2.45, 2.75) is 56.3 Å². The van der Waals surface area contributed by atoms with Crippen molar-refractivity contribution in [3.8, 4) is 0 Å². The molecule has 7 nitrogen and oxygen atoms in total. The molecule has 0 saturated carbocycles. The minimum atomic E-state index is -3.58. The maximum atomic E-state index is 12.8. The van der Waals surface area contributed by atoms with E-state index in [1.54, 1.807) is 12.1 Å². The molecule has 27 heavy (non-hydrogen) atoms. The van der Waals surface area contributed by atoms with Crippen LogP contribution in [0.25, 0.3) is 0 Å². The molecule has 0 aromatic heterocycles. The van der Waals surface area contributed by atoms with Crippen molar-refractivity contribution in [3.63, 3.8) is 0 Å². The molecule has 150 valence electrons. The molecule has 2 N–H and O–H groups in total. The van der Waals surface area contributed by atoms with E-state index < -0.39 is 16.0 Å². The average molecular weight is 397 g/mol. The number of benzene rings is 1. The zero-order valence-electron chi connectivity index (χ0n) is 15.5. The van der Waals surface area contributed by atoms with Crippen LogP contribution in [0.15, 0.2) is 29.2 Å². The van der Waals surface area contributed by atoms with Gasteiger partial charge in [-0.25, -0.2) is 8.42 Å². The summed E-state index contributed by atoms with van der Waals surface area (Å²) in [5.74, 6) is -1.14. The molecule has 1 aliphatic rings. The number of aliphatic carboxylic acids is 1. The van der Waals surface area contributed by atoms with Crippen molar-refractivity contribution in [2.24, 2.45) is 0 Å². The van der Waals surface area contributed by atoms with E-state index in [0.717, 1.165) is 32.1 Å². The van der Waals surface area contributed by atoms with E-state index in [1.807, 2.05) is 0 Å². The summed E-state index contributed by atoms with van der Waals surface area (Å²) < 4.78 is 27.2. The summed E-state index contributed by atoms with van der Waals surface area (Å²) in [5.41, 5.74) is 0.316.